The molecule has 4 nitrogen and oxygen atoms in total. The van der Waals surface area contributed by atoms with Crippen LogP contribution in [0.3, 0.4) is 0 Å². The number of imidazole rings is 1. The molecule has 0 N–H and O–H groups in total. The van der Waals surface area contributed by atoms with Crippen LogP contribution in [0.1, 0.15) is 66.2 Å². The summed E-state index contributed by atoms with van der Waals surface area (Å²) in [5, 5.41) is 0. The predicted molar refractivity (Wildman–Crippen MR) is 122 cm³/mol. The van der Waals surface area contributed by atoms with Crippen molar-refractivity contribution in [2.45, 2.75) is 64.0 Å². The van der Waals surface area contributed by atoms with Gasteiger partial charge in [0.1, 0.15) is 11.9 Å². The minimum absolute atomic E-state index is 0. The number of halogens is 1. The van der Waals surface area contributed by atoms with Gasteiger partial charge in [-0.15, -0.1) is 0 Å². The highest BCUT2D eigenvalue weighted by molar-refractivity contribution is 5.95. The molecule has 168 valence electrons. The molecule has 3 aromatic rings. The Balaban J connectivity index is 0.00000245. The molecule has 0 bridgehead atoms. The zero-order valence-corrected chi connectivity index (χ0v) is 20.3. The van der Waals surface area contributed by atoms with E-state index >= 15 is 0 Å². The molecule has 0 saturated heterocycles. The zero-order chi connectivity index (χ0) is 21.2. The Morgan fingerprint density at radius 2 is 1.72 bits per heavy atom. The quantitative estimate of drug-likeness (QED) is 0.389. The predicted octanol–water partition coefficient (Wildman–Crippen LogP) is 2.33. The fourth-order valence-corrected chi connectivity index (χ4v) is 5.26. The van der Waals surface area contributed by atoms with Crippen molar-refractivity contribution in [3.8, 4) is 17.0 Å². The Kier molecular flexibility index (Phi) is 7.14. The molecule has 1 aromatic heterocycles. The van der Waals surface area contributed by atoms with E-state index in [1.807, 2.05) is 24.3 Å². The van der Waals surface area contributed by atoms with Crippen molar-refractivity contribution in [2.24, 2.45) is 0 Å². The summed E-state index contributed by atoms with van der Waals surface area (Å²) in [5.41, 5.74) is 4.55. The number of fused-ring (bicyclic) bond motifs is 1. The number of ether oxygens (including phenoxy) is 1. The van der Waals surface area contributed by atoms with Crippen molar-refractivity contribution < 1.29 is 31.1 Å². The first kappa shape index (κ1) is 22.8. The molecule has 0 radical (unpaired) electrons. The van der Waals surface area contributed by atoms with E-state index in [1.54, 1.807) is 7.11 Å². The summed E-state index contributed by atoms with van der Waals surface area (Å²) >= 11 is 0. The van der Waals surface area contributed by atoms with Crippen molar-refractivity contribution in [1.29, 1.82) is 0 Å². The first-order valence-electron chi connectivity index (χ1n) is 11.6. The van der Waals surface area contributed by atoms with Crippen LogP contribution in [0.15, 0.2) is 54.7 Å². The van der Waals surface area contributed by atoms with Gasteiger partial charge in [-0.25, -0.2) is 9.13 Å². The molecule has 0 amide bonds. The van der Waals surface area contributed by atoms with E-state index in [2.05, 4.69) is 39.6 Å². The van der Waals surface area contributed by atoms with E-state index in [-0.39, 0.29) is 22.8 Å². The first-order valence-corrected chi connectivity index (χ1v) is 11.6. The third kappa shape index (κ3) is 4.54. The molecule has 1 aliphatic carbocycles. The van der Waals surface area contributed by atoms with Crippen LogP contribution in [0.2, 0.25) is 0 Å². The highest BCUT2D eigenvalue weighted by atomic mass is 79.9. The van der Waals surface area contributed by atoms with Crippen molar-refractivity contribution in [1.82, 2.24) is 4.57 Å². The molecule has 2 aromatic carbocycles. The van der Waals surface area contributed by atoms with E-state index in [0.29, 0.717) is 12.5 Å². The summed E-state index contributed by atoms with van der Waals surface area (Å²) in [6, 6.07) is 16.6. The maximum absolute atomic E-state index is 13.1. The topological polar surface area (TPSA) is 35.1 Å². The number of hydrogen-bond donors (Lipinski definition) is 0. The summed E-state index contributed by atoms with van der Waals surface area (Å²) in [4.78, 5) is 13.1. The van der Waals surface area contributed by atoms with Crippen LogP contribution in [0.25, 0.3) is 11.3 Å². The first-order chi connectivity index (χ1) is 15.2. The summed E-state index contributed by atoms with van der Waals surface area (Å²) in [6.07, 6.45) is 10.9. The molecule has 2 heterocycles. The molecule has 0 spiro atoms. The number of Topliss-reactive ketones (excluding diaryl/α,β-unsaturated/α-hetero) is 1. The molecule has 5 rings (SSSR count). The Morgan fingerprint density at radius 3 is 2.41 bits per heavy atom. The lowest BCUT2D eigenvalue weighted by Gasteiger charge is -2.21. The Morgan fingerprint density at radius 1 is 1.00 bits per heavy atom. The highest BCUT2D eigenvalue weighted by Gasteiger charge is 2.30. The third-order valence-electron chi connectivity index (χ3n) is 7.00. The van der Waals surface area contributed by atoms with Crippen LogP contribution in [-0.2, 0) is 19.5 Å². The molecule has 5 heteroatoms. The summed E-state index contributed by atoms with van der Waals surface area (Å²) in [7, 11) is 1.69. The van der Waals surface area contributed by atoms with Gasteiger partial charge in [-0.05, 0) is 55.0 Å². The molecule has 0 unspecified atom stereocenters. The van der Waals surface area contributed by atoms with Crippen LogP contribution in [0, 0.1) is 0 Å². The summed E-state index contributed by atoms with van der Waals surface area (Å²) < 4.78 is 9.81. The second-order valence-corrected chi connectivity index (χ2v) is 8.92. The minimum Gasteiger partial charge on any atom is -1.00 e. The van der Waals surface area contributed by atoms with Gasteiger partial charge in [-0.1, -0.05) is 43.5 Å². The molecular weight excluding hydrogens is 464 g/mol. The molecule has 1 saturated carbocycles. The van der Waals surface area contributed by atoms with Crippen molar-refractivity contribution in [3.63, 3.8) is 0 Å². The number of ketones is 1. The van der Waals surface area contributed by atoms with Crippen molar-refractivity contribution >= 4 is 5.78 Å². The second-order valence-electron chi connectivity index (χ2n) is 8.92. The normalized spacial score (nSPS) is 15.8. The number of carbonyl (C=O) groups is 1. The van der Waals surface area contributed by atoms with Crippen LogP contribution in [-0.4, -0.2) is 17.5 Å². The van der Waals surface area contributed by atoms with E-state index in [9.17, 15) is 4.79 Å². The molecular formula is C27H31BrN2O2. The van der Waals surface area contributed by atoms with Gasteiger partial charge in [0.25, 0.3) is 5.82 Å². The van der Waals surface area contributed by atoms with Crippen molar-refractivity contribution in [2.75, 3.05) is 7.11 Å². The van der Waals surface area contributed by atoms with E-state index in [0.717, 1.165) is 36.3 Å². The molecule has 1 fully saturated rings. The zero-order valence-electron chi connectivity index (χ0n) is 18.7. The maximum atomic E-state index is 13.1. The van der Waals surface area contributed by atoms with Gasteiger partial charge < -0.3 is 21.7 Å². The van der Waals surface area contributed by atoms with Gasteiger partial charge in [0.15, 0.2) is 12.2 Å². The number of rotatable bonds is 6. The maximum Gasteiger partial charge on any atom is 0.257 e. The standard InChI is InChI=1S/C27H31N2O2.BrH/c1-31-24-15-13-22(14-16-24)25-18-28(27-8-5-17-29(25)27)19-26(30)23-11-9-21(10-12-23)20-6-3-2-4-7-20;/h9-16,18,20H,2-8,17,19H2,1H3;1H/q+1;/p-1. The minimum atomic E-state index is 0. The highest BCUT2D eigenvalue weighted by Crippen LogP contribution is 2.32. The molecule has 1 aliphatic heterocycles. The Labute approximate surface area is 201 Å². The fourth-order valence-electron chi connectivity index (χ4n) is 5.26. The van der Waals surface area contributed by atoms with Crippen LogP contribution in [0.5, 0.6) is 5.75 Å². The van der Waals surface area contributed by atoms with Gasteiger partial charge in [-0.2, -0.15) is 0 Å². The molecule has 2 aliphatic rings. The van der Waals surface area contributed by atoms with E-state index in [1.165, 1.54) is 49.2 Å². The van der Waals surface area contributed by atoms with E-state index < -0.39 is 0 Å². The number of benzene rings is 2. The average Bonchev–Trinajstić information content (AvgIpc) is 3.44. The summed E-state index contributed by atoms with van der Waals surface area (Å²) in [5.74, 6) is 2.96. The lowest BCUT2D eigenvalue weighted by atomic mass is 9.84. The van der Waals surface area contributed by atoms with Gasteiger partial charge in [0.2, 0.25) is 5.78 Å². The third-order valence-corrected chi connectivity index (χ3v) is 7.00. The molecule has 0 atom stereocenters. The number of aromatic nitrogens is 2. The Hall–Kier alpha value is -2.40. The Bertz CT molecular complexity index is 1060. The largest absolute Gasteiger partial charge is 1.00 e. The second kappa shape index (κ2) is 10.0. The average molecular weight is 495 g/mol. The number of methoxy groups -OCH3 is 1. The molecule has 32 heavy (non-hydrogen) atoms. The lowest BCUT2D eigenvalue weighted by molar-refractivity contribution is -0.689. The van der Waals surface area contributed by atoms with Gasteiger partial charge in [-0.3, -0.25) is 4.79 Å². The fraction of sp³-hybridized carbons (Fsp3) is 0.407. The number of carbonyl (C=O) groups excluding carboxylic acids is 1. The number of nitrogens with zero attached hydrogens (tertiary/aromatic N) is 2. The smallest absolute Gasteiger partial charge is 0.257 e. The van der Waals surface area contributed by atoms with Crippen LogP contribution < -0.4 is 26.3 Å². The SMILES string of the molecule is COc1ccc(-c2c[n+](CC(=O)c3ccc(C4CCCCC4)cc3)c3n2CCC3)cc1.[Br-]. The van der Waals surface area contributed by atoms with E-state index in [4.69, 9.17) is 4.74 Å². The van der Waals surface area contributed by atoms with Crippen molar-refractivity contribution in [3.05, 3.63) is 71.7 Å². The monoisotopic (exact) mass is 494 g/mol. The van der Waals surface area contributed by atoms with Crippen LogP contribution >= 0.6 is 0 Å². The van der Waals surface area contributed by atoms with Gasteiger partial charge >= 0.3 is 0 Å². The van der Waals surface area contributed by atoms with Crippen LogP contribution in [0.4, 0.5) is 0 Å². The summed E-state index contributed by atoms with van der Waals surface area (Å²) in [6.45, 7) is 1.40. The van der Waals surface area contributed by atoms with Gasteiger partial charge in [0.05, 0.1) is 20.1 Å². The van der Waals surface area contributed by atoms with Gasteiger partial charge in [0, 0.05) is 11.1 Å². The number of hydrogen-bond acceptors (Lipinski definition) is 2. The lowest BCUT2D eigenvalue weighted by Crippen LogP contribution is -3.00.